The molecule has 0 radical (unpaired) electrons. The van der Waals surface area contributed by atoms with Gasteiger partial charge in [0.15, 0.2) is 0 Å². The third-order valence-electron chi connectivity index (χ3n) is 4.25. The van der Waals surface area contributed by atoms with E-state index in [-0.39, 0.29) is 23.6 Å². The third kappa shape index (κ3) is 3.25. The molecule has 0 aliphatic carbocycles. The summed E-state index contributed by atoms with van der Waals surface area (Å²) < 4.78 is 6.12. The Labute approximate surface area is 168 Å². The fourth-order valence-electron chi connectivity index (χ4n) is 2.89. The third-order valence-corrected chi connectivity index (χ3v) is 5.19. The van der Waals surface area contributed by atoms with Crippen molar-refractivity contribution in [2.24, 2.45) is 0 Å². The molecule has 0 atom stereocenters. The molecule has 0 bridgehead atoms. The van der Waals surface area contributed by atoms with Crippen molar-refractivity contribution in [2.75, 3.05) is 5.32 Å². The second-order valence-electron chi connectivity index (χ2n) is 5.97. The van der Waals surface area contributed by atoms with Crippen LogP contribution < -0.4 is 5.32 Å². The number of amides is 3. The summed E-state index contributed by atoms with van der Waals surface area (Å²) >= 11 is 2.13. The lowest BCUT2D eigenvalue weighted by molar-refractivity contribution is 0.0631. The number of fused-ring (bicyclic) bond motifs is 1. The number of imide groups is 1. The molecule has 2 aromatic carbocycles. The molecule has 0 fully saturated rings. The summed E-state index contributed by atoms with van der Waals surface area (Å²) in [5, 5.41) is 2.82. The lowest BCUT2D eigenvalue weighted by atomic mass is 10.1. The number of nitrogens with one attached hydrogen (secondary N) is 1. The van der Waals surface area contributed by atoms with Crippen LogP contribution in [0.1, 0.15) is 36.8 Å². The summed E-state index contributed by atoms with van der Waals surface area (Å²) in [7, 11) is 0. The quantitative estimate of drug-likeness (QED) is 0.461. The van der Waals surface area contributed by atoms with Gasteiger partial charge in [0.2, 0.25) is 0 Å². The van der Waals surface area contributed by atoms with Crippen molar-refractivity contribution in [1.82, 2.24) is 4.90 Å². The maximum Gasteiger partial charge on any atom is 0.261 e. The number of carbonyl (C=O) groups excluding carboxylic acids is 3. The van der Waals surface area contributed by atoms with E-state index in [0.29, 0.717) is 17.0 Å². The van der Waals surface area contributed by atoms with Crippen LogP contribution in [-0.4, -0.2) is 22.6 Å². The molecule has 3 aromatic rings. The Kier molecular flexibility index (Phi) is 4.53. The topological polar surface area (TPSA) is 79.6 Å². The summed E-state index contributed by atoms with van der Waals surface area (Å²) in [4.78, 5) is 38.8. The highest BCUT2D eigenvalue weighted by Crippen LogP contribution is 2.26. The van der Waals surface area contributed by atoms with Crippen LogP contribution in [0.5, 0.6) is 0 Å². The average molecular weight is 472 g/mol. The van der Waals surface area contributed by atoms with Gasteiger partial charge in [0.25, 0.3) is 17.7 Å². The predicted octanol–water partition coefficient (Wildman–Crippen LogP) is 3.93. The van der Waals surface area contributed by atoms with Gasteiger partial charge in [-0.25, -0.2) is 0 Å². The van der Waals surface area contributed by atoms with Gasteiger partial charge in [-0.15, -0.1) is 0 Å². The number of hydrogen-bond acceptors (Lipinski definition) is 4. The molecule has 134 valence electrons. The van der Waals surface area contributed by atoms with E-state index < -0.39 is 11.8 Å². The van der Waals surface area contributed by atoms with E-state index in [9.17, 15) is 14.4 Å². The number of nitrogens with zero attached hydrogens (tertiary/aromatic N) is 1. The minimum atomic E-state index is -0.435. The normalized spacial score (nSPS) is 13.0. The van der Waals surface area contributed by atoms with E-state index in [4.69, 9.17) is 4.42 Å². The lowest BCUT2D eigenvalue weighted by Gasteiger charge is -2.11. The Hall–Kier alpha value is -2.94. The number of rotatable bonds is 4. The molecule has 6 nitrogen and oxygen atoms in total. The number of para-hydroxylation sites is 1. The standard InChI is InChI=1S/C20H13IN2O4/c21-16-5-1-2-6-17(16)22-18(24)12-7-8-14-15(10-12)20(26)23(19(14)25)11-13-4-3-9-27-13/h1-10H,11H2,(H,22,24). The van der Waals surface area contributed by atoms with Gasteiger partial charge in [-0.05, 0) is 65.1 Å². The number of hydrogen-bond donors (Lipinski definition) is 1. The van der Waals surface area contributed by atoms with Crippen molar-refractivity contribution in [3.8, 4) is 0 Å². The molecular formula is C20H13IN2O4. The van der Waals surface area contributed by atoms with Gasteiger partial charge >= 0.3 is 0 Å². The molecule has 0 saturated carbocycles. The maximum absolute atomic E-state index is 12.7. The van der Waals surface area contributed by atoms with Crippen LogP contribution >= 0.6 is 22.6 Å². The highest BCUT2D eigenvalue weighted by Gasteiger charge is 2.36. The summed E-state index contributed by atoms with van der Waals surface area (Å²) in [6.45, 7) is 0.0586. The number of halogens is 1. The summed E-state index contributed by atoms with van der Waals surface area (Å²) in [6, 6.07) is 15.3. The molecule has 1 aliphatic rings. The van der Waals surface area contributed by atoms with E-state index in [1.165, 1.54) is 18.4 Å². The van der Waals surface area contributed by atoms with Crippen LogP contribution in [-0.2, 0) is 6.54 Å². The van der Waals surface area contributed by atoms with Crippen LogP contribution in [0.3, 0.4) is 0 Å². The zero-order valence-electron chi connectivity index (χ0n) is 13.9. The Bertz CT molecular complexity index is 1060. The number of anilines is 1. The first-order valence-electron chi connectivity index (χ1n) is 8.13. The lowest BCUT2D eigenvalue weighted by Crippen LogP contribution is -2.28. The van der Waals surface area contributed by atoms with Gasteiger partial charge in [0.05, 0.1) is 29.6 Å². The van der Waals surface area contributed by atoms with Crippen molar-refractivity contribution in [2.45, 2.75) is 6.54 Å². The molecule has 0 spiro atoms. The SMILES string of the molecule is O=C(Nc1ccccc1I)c1ccc2c(c1)C(=O)N(Cc1ccco1)C2=O. The molecule has 1 aliphatic heterocycles. The fourth-order valence-corrected chi connectivity index (χ4v) is 3.41. The molecule has 2 heterocycles. The average Bonchev–Trinajstić information content (AvgIpc) is 3.26. The molecule has 1 aromatic heterocycles. The Morgan fingerprint density at radius 1 is 1.00 bits per heavy atom. The van der Waals surface area contributed by atoms with Gasteiger partial charge < -0.3 is 9.73 Å². The van der Waals surface area contributed by atoms with E-state index >= 15 is 0 Å². The summed E-state index contributed by atoms with van der Waals surface area (Å²) in [6.07, 6.45) is 1.49. The molecule has 27 heavy (non-hydrogen) atoms. The molecule has 0 saturated heterocycles. The highest BCUT2D eigenvalue weighted by molar-refractivity contribution is 14.1. The van der Waals surface area contributed by atoms with Crippen molar-refractivity contribution in [1.29, 1.82) is 0 Å². The monoisotopic (exact) mass is 472 g/mol. The molecule has 1 N–H and O–H groups in total. The molecule has 7 heteroatoms. The second kappa shape index (κ2) is 6.99. The molecule has 4 rings (SSSR count). The number of benzene rings is 2. The van der Waals surface area contributed by atoms with Gasteiger partial charge in [-0.1, -0.05) is 12.1 Å². The molecule has 0 unspecified atom stereocenters. The zero-order chi connectivity index (χ0) is 19.0. The number of carbonyl (C=O) groups is 3. The summed E-state index contributed by atoms with van der Waals surface area (Å²) in [5.41, 5.74) is 1.51. The van der Waals surface area contributed by atoms with Gasteiger partial charge in [0.1, 0.15) is 5.76 Å². The van der Waals surface area contributed by atoms with Crippen molar-refractivity contribution >= 4 is 46.0 Å². The Morgan fingerprint density at radius 3 is 2.52 bits per heavy atom. The Balaban J connectivity index is 1.59. The maximum atomic E-state index is 12.7. The minimum Gasteiger partial charge on any atom is -0.467 e. The first-order valence-corrected chi connectivity index (χ1v) is 9.21. The number of furan rings is 1. The van der Waals surface area contributed by atoms with Crippen molar-refractivity contribution in [3.05, 3.63) is 86.9 Å². The van der Waals surface area contributed by atoms with Crippen LogP contribution in [0.25, 0.3) is 0 Å². The first kappa shape index (κ1) is 17.5. The van der Waals surface area contributed by atoms with Crippen LogP contribution in [0.4, 0.5) is 5.69 Å². The molecular weight excluding hydrogens is 459 g/mol. The van der Waals surface area contributed by atoms with Gasteiger partial charge in [0, 0.05) is 9.13 Å². The van der Waals surface area contributed by atoms with Crippen LogP contribution in [0, 0.1) is 3.57 Å². The van der Waals surface area contributed by atoms with Crippen LogP contribution in [0.15, 0.2) is 65.3 Å². The van der Waals surface area contributed by atoms with E-state index in [2.05, 4.69) is 27.9 Å². The van der Waals surface area contributed by atoms with Crippen molar-refractivity contribution < 1.29 is 18.8 Å². The minimum absolute atomic E-state index is 0.0586. The molecule has 3 amide bonds. The van der Waals surface area contributed by atoms with Crippen LogP contribution in [0.2, 0.25) is 0 Å². The Morgan fingerprint density at radius 2 is 1.78 bits per heavy atom. The highest BCUT2D eigenvalue weighted by atomic mass is 127. The second-order valence-corrected chi connectivity index (χ2v) is 7.13. The zero-order valence-corrected chi connectivity index (χ0v) is 16.1. The van der Waals surface area contributed by atoms with E-state index in [1.54, 1.807) is 24.3 Å². The van der Waals surface area contributed by atoms with Gasteiger partial charge in [-0.3, -0.25) is 19.3 Å². The summed E-state index contributed by atoms with van der Waals surface area (Å²) in [5.74, 6) is -0.654. The smallest absolute Gasteiger partial charge is 0.261 e. The van der Waals surface area contributed by atoms with Crippen molar-refractivity contribution in [3.63, 3.8) is 0 Å². The van der Waals surface area contributed by atoms with E-state index in [1.807, 2.05) is 18.2 Å². The predicted molar refractivity (Wildman–Crippen MR) is 106 cm³/mol. The largest absolute Gasteiger partial charge is 0.467 e. The van der Waals surface area contributed by atoms with E-state index in [0.717, 1.165) is 8.47 Å². The van der Waals surface area contributed by atoms with Gasteiger partial charge in [-0.2, -0.15) is 0 Å². The fraction of sp³-hybridized carbons (Fsp3) is 0.0500. The first-order chi connectivity index (χ1) is 13.0.